The van der Waals surface area contributed by atoms with Gasteiger partial charge in [-0.15, -0.1) is 0 Å². The molecule has 0 spiro atoms. The second-order valence-corrected chi connectivity index (χ2v) is 6.88. The lowest BCUT2D eigenvalue weighted by Gasteiger charge is -2.12. The van der Waals surface area contributed by atoms with Crippen LogP contribution in [0, 0.1) is 5.92 Å². The molecule has 0 aliphatic heterocycles. The molecule has 2 N–H and O–H groups in total. The van der Waals surface area contributed by atoms with E-state index in [0.717, 1.165) is 0 Å². The van der Waals surface area contributed by atoms with Crippen LogP contribution in [0.1, 0.15) is 6.42 Å². The molecule has 7 heteroatoms. The van der Waals surface area contributed by atoms with Crippen LogP contribution in [0.4, 0.5) is 0 Å². The lowest BCUT2D eigenvalue weighted by molar-refractivity contribution is -0.140. The van der Waals surface area contributed by atoms with E-state index in [-0.39, 0.29) is 11.3 Å². The fourth-order valence-corrected chi connectivity index (χ4v) is 3.67. The number of sulfonamides is 1. The smallest absolute Gasteiger partial charge is 0.310 e. The van der Waals surface area contributed by atoms with E-state index in [1.54, 1.807) is 18.2 Å². The summed E-state index contributed by atoms with van der Waals surface area (Å²) >= 11 is 3.21. The van der Waals surface area contributed by atoms with Crippen LogP contribution in [0.3, 0.4) is 0 Å². The van der Waals surface area contributed by atoms with Crippen molar-refractivity contribution in [3.63, 3.8) is 0 Å². The van der Waals surface area contributed by atoms with Crippen LogP contribution >= 0.6 is 15.9 Å². The molecule has 1 aliphatic carbocycles. The van der Waals surface area contributed by atoms with Gasteiger partial charge in [0.2, 0.25) is 10.0 Å². The number of halogens is 1. The number of nitrogens with one attached hydrogen (secondary N) is 1. The van der Waals surface area contributed by atoms with Crippen LogP contribution in [0.15, 0.2) is 45.8 Å². The Labute approximate surface area is 119 Å². The number of aliphatic carboxylic acids is 1. The van der Waals surface area contributed by atoms with Gasteiger partial charge in [-0.3, -0.25) is 4.79 Å². The standard InChI is InChI=1S/C12H12BrNO4S/c13-9-2-1-3-11(7-9)19(17,18)14-10-5-4-8(6-10)12(15)16/h1-5,7-8,10,14H,6H2,(H,15,16). The van der Waals surface area contributed by atoms with Crippen molar-refractivity contribution < 1.29 is 18.3 Å². The van der Waals surface area contributed by atoms with Crippen molar-refractivity contribution in [1.29, 1.82) is 0 Å². The Balaban J connectivity index is 2.11. The molecule has 0 amide bonds. The first-order valence-corrected chi connectivity index (χ1v) is 7.85. The molecule has 2 rings (SSSR count). The summed E-state index contributed by atoms with van der Waals surface area (Å²) in [7, 11) is -3.64. The van der Waals surface area contributed by atoms with Crippen molar-refractivity contribution in [2.24, 2.45) is 5.92 Å². The van der Waals surface area contributed by atoms with Gasteiger partial charge >= 0.3 is 5.97 Å². The summed E-state index contributed by atoms with van der Waals surface area (Å²) in [5.74, 6) is -1.57. The molecule has 1 aromatic carbocycles. The van der Waals surface area contributed by atoms with E-state index in [9.17, 15) is 13.2 Å². The molecule has 102 valence electrons. The molecular formula is C12H12BrNO4S. The van der Waals surface area contributed by atoms with Gasteiger partial charge in [-0.05, 0) is 24.6 Å². The zero-order valence-corrected chi connectivity index (χ0v) is 12.2. The molecule has 2 atom stereocenters. The predicted molar refractivity (Wildman–Crippen MR) is 73.1 cm³/mol. The Morgan fingerprint density at radius 3 is 2.68 bits per heavy atom. The Kier molecular flexibility index (Phi) is 4.07. The summed E-state index contributed by atoms with van der Waals surface area (Å²) in [4.78, 5) is 10.9. The van der Waals surface area contributed by atoms with Gasteiger partial charge in [0, 0.05) is 10.5 Å². The molecular weight excluding hydrogens is 334 g/mol. The van der Waals surface area contributed by atoms with Gasteiger partial charge < -0.3 is 5.11 Å². The molecule has 19 heavy (non-hydrogen) atoms. The number of carbonyl (C=O) groups is 1. The Morgan fingerprint density at radius 1 is 1.37 bits per heavy atom. The quantitative estimate of drug-likeness (QED) is 0.814. The second-order valence-electron chi connectivity index (χ2n) is 4.25. The number of benzene rings is 1. The number of carboxylic acid groups (broad SMARTS) is 1. The minimum atomic E-state index is -3.64. The van der Waals surface area contributed by atoms with Gasteiger partial charge in [-0.1, -0.05) is 34.1 Å². The Morgan fingerprint density at radius 2 is 2.11 bits per heavy atom. The third kappa shape index (κ3) is 3.43. The maximum atomic E-state index is 12.1. The van der Waals surface area contributed by atoms with Gasteiger partial charge in [-0.25, -0.2) is 13.1 Å². The second kappa shape index (κ2) is 5.44. The van der Waals surface area contributed by atoms with E-state index in [2.05, 4.69) is 20.7 Å². The maximum absolute atomic E-state index is 12.1. The maximum Gasteiger partial charge on any atom is 0.310 e. The summed E-state index contributed by atoms with van der Waals surface area (Å²) in [6, 6.07) is 5.86. The first-order valence-electron chi connectivity index (χ1n) is 5.57. The highest BCUT2D eigenvalue weighted by Gasteiger charge is 2.28. The number of hydrogen-bond donors (Lipinski definition) is 2. The van der Waals surface area contributed by atoms with Crippen molar-refractivity contribution in [3.05, 3.63) is 40.9 Å². The molecule has 0 saturated heterocycles. The minimum absolute atomic E-state index is 0.147. The first kappa shape index (κ1) is 14.2. The number of hydrogen-bond acceptors (Lipinski definition) is 3. The van der Waals surface area contributed by atoms with Crippen LogP contribution in [0.25, 0.3) is 0 Å². The summed E-state index contributed by atoms with van der Waals surface area (Å²) in [6.07, 6.45) is 3.33. The Hall–Kier alpha value is -1.18. The van der Waals surface area contributed by atoms with Crippen molar-refractivity contribution in [1.82, 2.24) is 4.72 Å². The largest absolute Gasteiger partial charge is 0.481 e. The van der Waals surface area contributed by atoms with Gasteiger partial charge in [-0.2, -0.15) is 0 Å². The molecule has 2 unspecified atom stereocenters. The van der Waals surface area contributed by atoms with Gasteiger partial charge in [0.1, 0.15) is 0 Å². The normalized spacial score (nSPS) is 22.6. The molecule has 0 aromatic heterocycles. The molecule has 1 aromatic rings. The fraction of sp³-hybridized carbons (Fsp3) is 0.250. The van der Waals surface area contributed by atoms with Crippen molar-refractivity contribution in [2.75, 3.05) is 0 Å². The van der Waals surface area contributed by atoms with Crippen LogP contribution in [-0.2, 0) is 14.8 Å². The van der Waals surface area contributed by atoms with Gasteiger partial charge in [0.15, 0.2) is 0 Å². The highest BCUT2D eigenvalue weighted by Crippen LogP contribution is 2.21. The topological polar surface area (TPSA) is 83.5 Å². The van der Waals surface area contributed by atoms with Crippen LogP contribution in [0.2, 0.25) is 0 Å². The van der Waals surface area contributed by atoms with Gasteiger partial charge in [0.05, 0.1) is 10.8 Å². The van der Waals surface area contributed by atoms with Crippen LogP contribution in [-0.4, -0.2) is 25.5 Å². The summed E-state index contributed by atoms with van der Waals surface area (Å²) in [5.41, 5.74) is 0. The van der Waals surface area contributed by atoms with Crippen molar-refractivity contribution >= 4 is 31.9 Å². The zero-order chi connectivity index (χ0) is 14.0. The predicted octanol–water partition coefficient (Wildman–Crippen LogP) is 1.76. The minimum Gasteiger partial charge on any atom is -0.481 e. The monoisotopic (exact) mass is 345 g/mol. The van der Waals surface area contributed by atoms with E-state index in [0.29, 0.717) is 4.47 Å². The van der Waals surface area contributed by atoms with Crippen molar-refractivity contribution in [2.45, 2.75) is 17.4 Å². The average Bonchev–Trinajstić information content (AvgIpc) is 2.77. The SMILES string of the molecule is O=C(O)C1C=CC(NS(=O)(=O)c2cccc(Br)c2)C1. The molecule has 0 bridgehead atoms. The molecule has 0 radical (unpaired) electrons. The molecule has 0 fully saturated rings. The lowest BCUT2D eigenvalue weighted by atomic mass is 10.1. The molecule has 0 saturated carbocycles. The fourth-order valence-electron chi connectivity index (χ4n) is 1.87. The highest BCUT2D eigenvalue weighted by atomic mass is 79.9. The first-order chi connectivity index (χ1) is 8.88. The zero-order valence-electron chi connectivity index (χ0n) is 9.78. The molecule has 5 nitrogen and oxygen atoms in total. The number of carboxylic acids is 1. The summed E-state index contributed by atoms with van der Waals surface area (Å²) in [6.45, 7) is 0. The highest BCUT2D eigenvalue weighted by molar-refractivity contribution is 9.10. The lowest BCUT2D eigenvalue weighted by Crippen LogP contribution is -2.33. The number of rotatable bonds is 4. The molecule has 1 aliphatic rings. The third-order valence-corrected chi connectivity index (χ3v) is 4.79. The Bertz CT molecular complexity index is 626. The van der Waals surface area contributed by atoms with E-state index >= 15 is 0 Å². The van der Waals surface area contributed by atoms with Crippen LogP contribution < -0.4 is 4.72 Å². The summed E-state index contributed by atoms with van der Waals surface area (Å²) in [5, 5.41) is 8.85. The van der Waals surface area contributed by atoms with E-state index in [4.69, 9.17) is 5.11 Å². The van der Waals surface area contributed by atoms with Gasteiger partial charge in [0.25, 0.3) is 0 Å². The molecule has 0 heterocycles. The van der Waals surface area contributed by atoms with E-state index in [1.807, 2.05) is 0 Å². The van der Waals surface area contributed by atoms with Crippen molar-refractivity contribution in [3.8, 4) is 0 Å². The van der Waals surface area contributed by atoms with Crippen LogP contribution in [0.5, 0.6) is 0 Å². The average molecular weight is 346 g/mol. The third-order valence-electron chi connectivity index (χ3n) is 2.81. The summed E-state index contributed by atoms with van der Waals surface area (Å²) < 4.78 is 27.4. The van der Waals surface area contributed by atoms with E-state index < -0.39 is 28.0 Å². The van der Waals surface area contributed by atoms with E-state index in [1.165, 1.54) is 18.2 Å².